The summed E-state index contributed by atoms with van der Waals surface area (Å²) in [6.07, 6.45) is 2.06. The smallest absolute Gasteiger partial charge is 0.243 e. The number of hydrogen-bond acceptors (Lipinski definition) is 3. The highest BCUT2D eigenvalue weighted by Crippen LogP contribution is 2.34. The first-order valence-corrected chi connectivity index (χ1v) is 8.00. The van der Waals surface area contributed by atoms with Crippen molar-refractivity contribution in [1.82, 2.24) is 20.4 Å². The average Bonchev–Trinajstić information content (AvgIpc) is 2.98. The molecule has 1 aliphatic heterocycles. The van der Waals surface area contributed by atoms with Gasteiger partial charge >= 0.3 is 0 Å². The Bertz CT molecular complexity index is 560. The van der Waals surface area contributed by atoms with Gasteiger partial charge in [0.1, 0.15) is 6.04 Å². The molecule has 0 aliphatic carbocycles. The van der Waals surface area contributed by atoms with Gasteiger partial charge in [-0.15, -0.1) is 0 Å². The molecule has 1 atom stereocenters. The molecule has 22 heavy (non-hydrogen) atoms. The molecule has 0 radical (unpaired) electrons. The van der Waals surface area contributed by atoms with Crippen molar-refractivity contribution in [1.29, 1.82) is 0 Å². The van der Waals surface area contributed by atoms with E-state index in [2.05, 4.69) is 29.6 Å². The summed E-state index contributed by atoms with van der Waals surface area (Å²) in [6.45, 7) is 9.22. The Balaban J connectivity index is 1.96. The predicted molar refractivity (Wildman–Crippen MR) is 84.3 cm³/mol. The lowest BCUT2D eigenvalue weighted by molar-refractivity contribution is -0.129. The molecule has 1 aromatic heterocycles. The second-order valence-corrected chi connectivity index (χ2v) is 6.19. The summed E-state index contributed by atoms with van der Waals surface area (Å²) >= 11 is 0. The van der Waals surface area contributed by atoms with Crippen molar-refractivity contribution in [2.75, 3.05) is 6.54 Å². The fourth-order valence-corrected chi connectivity index (χ4v) is 3.21. The van der Waals surface area contributed by atoms with Crippen LogP contribution in [0.15, 0.2) is 6.07 Å². The van der Waals surface area contributed by atoms with Crippen molar-refractivity contribution >= 4 is 11.8 Å². The highest BCUT2D eigenvalue weighted by atomic mass is 16.2. The van der Waals surface area contributed by atoms with Gasteiger partial charge in [-0.05, 0) is 32.8 Å². The Kier molecular flexibility index (Phi) is 4.88. The molecule has 1 aliphatic rings. The predicted octanol–water partition coefficient (Wildman–Crippen LogP) is 1.31. The first kappa shape index (κ1) is 16.5. The molecule has 0 spiro atoms. The summed E-state index contributed by atoms with van der Waals surface area (Å²) in [5.41, 5.74) is 1.83. The number of nitrogens with one attached hydrogen (secondary N) is 2. The van der Waals surface area contributed by atoms with E-state index in [1.165, 1.54) is 0 Å². The second-order valence-electron chi connectivity index (χ2n) is 6.19. The van der Waals surface area contributed by atoms with Gasteiger partial charge in [0.05, 0.1) is 5.69 Å². The van der Waals surface area contributed by atoms with E-state index in [4.69, 9.17) is 0 Å². The third-order valence-corrected chi connectivity index (χ3v) is 4.86. The van der Waals surface area contributed by atoms with Crippen molar-refractivity contribution in [3.05, 3.63) is 17.5 Å². The van der Waals surface area contributed by atoms with Crippen LogP contribution in [0.25, 0.3) is 0 Å². The van der Waals surface area contributed by atoms with E-state index in [0.29, 0.717) is 19.5 Å². The van der Waals surface area contributed by atoms with Crippen molar-refractivity contribution in [3.63, 3.8) is 0 Å². The second kappa shape index (κ2) is 6.50. The van der Waals surface area contributed by atoms with Gasteiger partial charge in [-0.3, -0.25) is 14.3 Å². The lowest BCUT2D eigenvalue weighted by Crippen LogP contribution is -2.49. The minimum Gasteiger partial charge on any atom is -0.354 e. The number of aryl methyl sites for hydroxylation is 3. The Morgan fingerprint density at radius 2 is 2.14 bits per heavy atom. The Morgan fingerprint density at radius 3 is 2.68 bits per heavy atom. The minimum atomic E-state index is -0.421. The fourth-order valence-electron chi connectivity index (χ4n) is 3.21. The van der Waals surface area contributed by atoms with Crippen LogP contribution in [0, 0.1) is 19.3 Å². The minimum absolute atomic E-state index is 0.0665. The molecule has 0 saturated carbocycles. The van der Waals surface area contributed by atoms with E-state index >= 15 is 0 Å². The van der Waals surface area contributed by atoms with Gasteiger partial charge in [-0.2, -0.15) is 5.10 Å². The molecule has 1 saturated heterocycles. The van der Waals surface area contributed by atoms with Gasteiger partial charge in [0, 0.05) is 30.6 Å². The third kappa shape index (κ3) is 3.15. The molecule has 1 aromatic rings. The molecule has 2 rings (SSSR count). The van der Waals surface area contributed by atoms with E-state index in [0.717, 1.165) is 24.2 Å². The molecular weight excluding hydrogens is 280 g/mol. The average molecular weight is 306 g/mol. The van der Waals surface area contributed by atoms with Gasteiger partial charge in [0.25, 0.3) is 0 Å². The number of amides is 2. The number of hydrogen-bond donors (Lipinski definition) is 2. The van der Waals surface area contributed by atoms with Crippen molar-refractivity contribution in [3.8, 4) is 0 Å². The molecule has 1 unspecified atom stereocenters. The van der Waals surface area contributed by atoms with Gasteiger partial charge < -0.3 is 10.6 Å². The Labute approximate surface area is 131 Å². The van der Waals surface area contributed by atoms with Crippen molar-refractivity contribution < 1.29 is 9.59 Å². The van der Waals surface area contributed by atoms with Crippen LogP contribution in [0.5, 0.6) is 0 Å². The molecule has 2 heterocycles. The monoisotopic (exact) mass is 306 g/mol. The van der Waals surface area contributed by atoms with Gasteiger partial charge in [-0.25, -0.2) is 0 Å². The Hall–Kier alpha value is -1.85. The largest absolute Gasteiger partial charge is 0.354 e. The van der Waals surface area contributed by atoms with E-state index in [9.17, 15) is 9.59 Å². The summed E-state index contributed by atoms with van der Waals surface area (Å²) in [4.78, 5) is 24.3. The van der Waals surface area contributed by atoms with Crippen LogP contribution in [0.3, 0.4) is 0 Å². The molecule has 2 N–H and O–H groups in total. The first-order chi connectivity index (χ1) is 10.4. The van der Waals surface area contributed by atoms with E-state index < -0.39 is 6.04 Å². The van der Waals surface area contributed by atoms with Crippen molar-refractivity contribution in [2.45, 2.75) is 59.5 Å². The number of nitrogens with zero attached hydrogens (tertiary/aromatic N) is 2. The van der Waals surface area contributed by atoms with Crippen LogP contribution >= 0.6 is 0 Å². The lowest BCUT2D eigenvalue weighted by atomic mass is 9.77. The maximum atomic E-state index is 12.2. The molecule has 6 heteroatoms. The molecule has 0 bridgehead atoms. The molecular formula is C16H26N4O2. The SMILES string of the molecule is CCC1(CC)CNC(=O)C1NC(=O)CCn1nc(C)cc1C. The maximum Gasteiger partial charge on any atom is 0.243 e. The van der Waals surface area contributed by atoms with Crippen LogP contribution < -0.4 is 10.6 Å². The number of carbonyl (C=O) groups excluding carboxylic acids is 2. The van der Waals surface area contributed by atoms with Gasteiger partial charge in [-0.1, -0.05) is 13.8 Å². The van der Waals surface area contributed by atoms with Crippen LogP contribution in [0.1, 0.15) is 44.5 Å². The van der Waals surface area contributed by atoms with E-state index in [1.807, 2.05) is 24.6 Å². The van der Waals surface area contributed by atoms with Crippen molar-refractivity contribution in [2.24, 2.45) is 5.41 Å². The summed E-state index contributed by atoms with van der Waals surface area (Å²) in [7, 11) is 0. The van der Waals surface area contributed by atoms with Crippen LogP contribution in [0.2, 0.25) is 0 Å². The molecule has 122 valence electrons. The number of carbonyl (C=O) groups is 2. The lowest BCUT2D eigenvalue weighted by Gasteiger charge is -2.31. The van der Waals surface area contributed by atoms with E-state index in [1.54, 1.807) is 0 Å². The normalized spacial score (nSPS) is 20.0. The third-order valence-electron chi connectivity index (χ3n) is 4.86. The molecule has 6 nitrogen and oxygen atoms in total. The summed E-state index contributed by atoms with van der Waals surface area (Å²) in [5, 5.41) is 10.2. The highest BCUT2D eigenvalue weighted by molar-refractivity contribution is 5.90. The zero-order valence-corrected chi connectivity index (χ0v) is 13.9. The van der Waals surface area contributed by atoms with Crippen LogP contribution in [-0.2, 0) is 16.1 Å². The fraction of sp³-hybridized carbons (Fsp3) is 0.688. The van der Waals surface area contributed by atoms with Gasteiger partial charge in [0.2, 0.25) is 11.8 Å². The summed E-state index contributed by atoms with van der Waals surface area (Å²) in [5.74, 6) is -0.163. The molecule has 0 aromatic carbocycles. The Morgan fingerprint density at radius 1 is 1.45 bits per heavy atom. The molecule has 1 fully saturated rings. The summed E-state index contributed by atoms with van der Waals surface area (Å²) in [6, 6.07) is 1.57. The quantitative estimate of drug-likeness (QED) is 0.832. The standard InChI is InChI=1S/C16H26N4O2/c1-5-16(6-2)10-17-15(22)14(16)18-13(21)7-8-20-12(4)9-11(3)19-20/h9,14H,5-8,10H2,1-4H3,(H,17,22)(H,18,21). The van der Waals surface area contributed by atoms with Gasteiger partial charge in [0.15, 0.2) is 0 Å². The van der Waals surface area contributed by atoms with E-state index in [-0.39, 0.29) is 17.2 Å². The number of rotatable bonds is 6. The highest BCUT2D eigenvalue weighted by Gasteiger charge is 2.46. The first-order valence-electron chi connectivity index (χ1n) is 8.00. The zero-order chi connectivity index (χ0) is 16.3. The van der Waals surface area contributed by atoms with Crippen LogP contribution in [0.4, 0.5) is 0 Å². The zero-order valence-electron chi connectivity index (χ0n) is 13.9. The topological polar surface area (TPSA) is 76.0 Å². The van der Waals surface area contributed by atoms with Crippen LogP contribution in [-0.4, -0.2) is 34.2 Å². The molecule has 2 amide bonds. The number of aromatic nitrogens is 2. The summed E-state index contributed by atoms with van der Waals surface area (Å²) < 4.78 is 1.83. The maximum absolute atomic E-state index is 12.2.